The standard InChI is InChI=1S/C11H17F3N2O3/c1-7(2)3-8(17)4-10-15-9(16-19-10)5-18-6-11(12,13)14/h7-8,17H,3-6H2,1-2H3. The second kappa shape index (κ2) is 6.85. The van der Waals surface area contributed by atoms with Gasteiger partial charge in [-0.2, -0.15) is 18.2 Å². The molecule has 1 unspecified atom stereocenters. The molecule has 110 valence electrons. The summed E-state index contributed by atoms with van der Waals surface area (Å²) in [4.78, 5) is 3.85. The van der Waals surface area contributed by atoms with Crippen LogP contribution in [0.15, 0.2) is 4.52 Å². The van der Waals surface area contributed by atoms with Crippen LogP contribution in [0.25, 0.3) is 0 Å². The Morgan fingerprint density at radius 3 is 2.63 bits per heavy atom. The third kappa shape index (κ3) is 7.12. The van der Waals surface area contributed by atoms with Gasteiger partial charge in [-0.15, -0.1) is 0 Å². The first kappa shape index (κ1) is 15.9. The van der Waals surface area contributed by atoms with E-state index in [2.05, 4.69) is 14.9 Å². The number of alkyl halides is 3. The second-order valence-corrected chi connectivity index (χ2v) is 4.70. The first-order valence-electron chi connectivity index (χ1n) is 5.90. The van der Waals surface area contributed by atoms with Gasteiger partial charge < -0.3 is 14.4 Å². The molecule has 0 amide bonds. The van der Waals surface area contributed by atoms with E-state index in [4.69, 9.17) is 4.52 Å². The number of nitrogens with zero attached hydrogens (tertiary/aromatic N) is 2. The minimum Gasteiger partial charge on any atom is -0.393 e. The SMILES string of the molecule is CC(C)CC(O)Cc1nc(COCC(F)(F)F)no1. The van der Waals surface area contributed by atoms with Gasteiger partial charge in [0, 0.05) is 0 Å². The molecule has 0 aromatic carbocycles. The molecule has 0 aliphatic carbocycles. The highest BCUT2D eigenvalue weighted by Gasteiger charge is 2.27. The molecular weight excluding hydrogens is 265 g/mol. The van der Waals surface area contributed by atoms with Crippen LogP contribution in [-0.4, -0.2) is 34.1 Å². The Balaban J connectivity index is 2.36. The summed E-state index contributed by atoms with van der Waals surface area (Å²) in [5, 5.41) is 13.1. The topological polar surface area (TPSA) is 68.4 Å². The van der Waals surface area contributed by atoms with E-state index in [9.17, 15) is 18.3 Å². The van der Waals surface area contributed by atoms with Crippen LogP contribution >= 0.6 is 0 Å². The Hall–Kier alpha value is -1.15. The molecule has 0 radical (unpaired) electrons. The van der Waals surface area contributed by atoms with Gasteiger partial charge in [0.25, 0.3) is 0 Å². The van der Waals surface area contributed by atoms with Gasteiger partial charge in [0.1, 0.15) is 13.2 Å². The summed E-state index contributed by atoms with van der Waals surface area (Å²) < 4.78 is 44.7. The normalized spacial score (nSPS) is 14.1. The minimum absolute atomic E-state index is 0.0380. The molecule has 0 aliphatic heterocycles. The molecule has 0 spiro atoms. The van der Waals surface area contributed by atoms with Crippen molar-refractivity contribution in [1.29, 1.82) is 0 Å². The number of halogens is 3. The Morgan fingerprint density at radius 1 is 1.37 bits per heavy atom. The van der Waals surface area contributed by atoms with Gasteiger partial charge in [-0.05, 0) is 12.3 Å². The average molecular weight is 282 g/mol. The van der Waals surface area contributed by atoms with Crippen molar-refractivity contribution in [2.45, 2.75) is 45.6 Å². The van der Waals surface area contributed by atoms with E-state index in [-0.39, 0.29) is 24.7 Å². The van der Waals surface area contributed by atoms with E-state index >= 15 is 0 Å². The number of aliphatic hydroxyl groups is 1. The van der Waals surface area contributed by atoms with Gasteiger partial charge in [0.15, 0.2) is 5.82 Å². The molecule has 1 aromatic heterocycles. The molecule has 0 fully saturated rings. The summed E-state index contributed by atoms with van der Waals surface area (Å²) in [7, 11) is 0. The second-order valence-electron chi connectivity index (χ2n) is 4.70. The predicted molar refractivity (Wildman–Crippen MR) is 59.2 cm³/mol. The van der Waals surface area contributed by atoms with Crippen molar-refractivity contribution in [2.75, 3.05) is 6.61 Å². The Kier molecular flexibility index (Phi) is 5.74. The molecule has 1 rings (SSSR count). The van der Waals surface area contributed by atoms with Crippen molar-refractivity contribution in [2.24, 2.45) is 5.92 Å². The lowest BCUT2D eigenvalue weighted by Crippen LogP contribution is -2.17. The largest absolute Gasteiger partial charge is 0.411 e. The van der Waals surface area contributed by atoms with Crippen molar-refractivity contribution >= 4 is 0 Å². The third-order valence-corrected chi connectivity index (χ3v) is 2.16. The molecular formula is C11H17F3N2O3. The molecule has 1 aromatic rings. The summed E-state index contributed by atoms with van der Waals surface area (Å²) >= 11 is 0. The van der Waals surface area contributed by atoms with Crippen LogP contribution in [0, 0.1) is 5.92 Å². The van der Waals surface area contributed by atoms with Crippen LogP contribution in [0.5, 0.6) is 0 Å². The smallest absolute Gasteiger partial charge is 0.393 e. The number of hydrogen-bond acceptors (Lipinski definition) is 5. The van der Waals surface area contributed by atoms with Crippen LogP contribution in [0.4, 0.5) is 13.2 Å². The summed E-state index contributed by atoms with van der Waals surface area (Å²) in [6.07, 6.45) is -4.21. The molecule has 19 heavy (non-hydrogen) atoms. The van der Waals surface area contributed by atoms with E-state index in [0.717, 1.165) is 0 Å². The highest BCUT2D eigenvalue weighted by molar-refractivity contribution is 4.86. The maximum Gasteiger partial charge on any atom is 0.411 e. The number of hydrogen-bond donors (Lipinski definition) is 1. The van der Waals surface area contributed by atoms with Crippen LogP contribution in [0.2, 0.25) is 0 Å². The summed E-state index contributed by atoms with van der Waals surface area (Å²) in [6, 6.07) is 0. The van der Waals surface area contributed by atoms with E-state index in [1.807, 2.05) is 13.8 Å². The van der Waals surface area contributed by atoms with E-state index in [1.165, 1.54) is 0 Å². The fraction of sp³-hybridized carbons (Fsp3) is 0.818. The van der Waals surface area contributed by atoms with Crippen molar-refractivity contribution in [3.63, 3.8) is 0 Å². The monoisotopic (exact) mass is 282 g/mol. The maximum absolute atomic E-state index is 11.8. The highest BCUT2D eigenvalue weighted by atomic mass is 19.4. The summed E-state index contributed by atoms with van der Waals surface area (Å²) in [6.45, 7) is 2.21. The first-order chi connectivity index (χ1) is 8.76. The van der Waals surface area contributed by atoms with E-state index in [1.54, 1.807) is 0 Å². The zero-order chi connectivity index (χ0) is 14.5. The zero-order valence-corrected chi connectivity index (χ0v) is 10.8. The van der Waals surface area contributed by atoms with Crippen LogP contribution in [0.1, 0.15) is 32.0 Å². The fourth-order valence-corrected chi connectivity index (χ4v) is 1.52. The number of rotatable bonds is 7. The molecule has 5 nitrogen and oxygen atoms in total. The van der Waals surface area contributed by atoms with Crippen LogP contribution < -0.4 is 0 Å². The maximum atomic E-state index is 11.8. The van der Waals surface area contributed by atoms with Crippen molar-refractivity contribution in [3.05, 3.63) is 11.7 Å². The van der Waals surface area contributed by atoms with Crippen LogP contribution in [-0.2, 0) is 17.8 Å². The van der Waals surface area contributed by atoms with Crippen molar-refractivity contribution in [3.8, 4) is 0 Å². The lowest BCUT2D eigenvalue weighted by molar-refractivity contribution is -0.177. The van der Waals surface area contributed by atoms with Gasteiger partial charge in [0.05, 0.1) is 12.5 Å². The molecule has 0 aliphatic rings. The fourth-order valence-electron chi connectivity index (χ4n) is 1.52. The Morgan fingerprint density at radius 2 is 2.05 bits per heavy atom. The number of ether oxygens (including phenoxy) is 1. The summed E-state index contributed by atoms with van der Waals surface area (Å²) in [5.41, 5.74) is 0. The molecule has 1 heterocycles. The Bertz CT molecular complexity index is 380. The zero-order valence-electron chi connectivity index (χ0n) is 10.8. The minimum atomic E-state index is -4.37. The Labute approximate surface area is 108 Å². The van der Waals surface area contributed by atoms with Crippen LogP contribution in [0.3, 0.4) is 0 Å². The van der Waals surface area contributed by atoms with E-state index < -0.39 is 18.9 Å². The molecule has 1 atom stereocenters. The first-order valence-corrected chi connectivity index (χ1v) is 5.90. The van der Waals surface area contributed by atoms with Crippen molar-refractivity contribution < 1.29 is 27.5 Å². The van der Waals surface area contributed by atoms with Gasteiger partial charge in [0.2, 0.25) is 5.89 Å². The third-order valence-electron chi connectivity index (χ3n) is 2.16. The highest BCUT2D eigenvalue weighted by Crippen LogP contribution is 2.15. The van der Waals surface area contributed by atoms with Gasteiger partial charge in [-0.1, -0.05) is 19.0 Å². The molecule has 1 N–H and O–H groups in total. The van der Waals surface area contributed by atoms with E-state index in [0.29, 0.717) is 12.3 Å². The molecule has 0 saturated carbocycles. The molecule has 8 heteroatoms. The predicted octanol–water partition coefficient (Wildman–Crippen LogP) is 2.10. The van der Waals surface area contributed by atoms with Gasteiger partial charge in [-0.3, -0.25) is 0 Å². The molecule has 0 saturated heterocycles. The molecule has 0 bridgehead atoms. The number of aromatic nitrogens is 2. The number of aliphatic hydroxyl groups excluding tert-OH is 1. The van der Waals surface area contributed by atoms with Gasteiger partial charge >= 0.3 is 6.18 Å². The lowest BCUT2D eigenvalue weighted by atomic mass is 10.0. The summed E-state index contributed by atoms with van der Waals surface area (Å²) in [5.74, 6) is 0.558. The average Bonchev–Trinajstić information content (AvgIpc) is 2.62. The van der Waals surface area contributed by atoms with Gasteiger partial charge in [-0.25, -0.2) is 0 Å². The lowest BCUT2D eigenvalue weighted by Gasteiger charge is -2.09. The quantitative estimate of drug-likeness (QED) is 0.829. The van der Waals surface area contributed by atoms with Crippen molar-refractivity contribution in [1.82, 2.24) is 10.1 Å².